The van der Waals surface area contributed by atoms with Crippen molar-refractivity contribution in [1.82, 2.24) is 4.90 Å². The van der Waals surface area contributed by atoms with Crippen LogP contribution < -0.4 is 0 Å². The topological polar surface area (TPSA) is 80.8 Å². The summed E-state index contributed by atoms with van der Waals surface area (Å²) in [5.74, 6) is -0.304. The third kappa shape index (κ3) is 8.93. The maximum Gasteiger partial charge on any atom is 0.416 e. The number of ether oxygens (including phenoxy) is 1. The molecule has 17 heavy (non-hydrogen) atoms. The summed E-state index contributed by atoms with van der Waals surface area (Å²) < 4.78 is 26.2. The molecule has 0 heterocycles. The highest BCUT2D eigenvalue weighted by molar-refractivity contribution is 8.13. The van der Waals surface area contributed by atoms with Crippen LogP contribution in [0.4, 0.5) is 4.79 Å². The molecule has 0 unspecified atom stereocenters. The van der Waals surface area contributed by atoms with E-state index in [9.17, 15) is 18.0 Å². The molecule has 0 saturated carbocycles. The first-order valence-electron chi connectivity index (χ1n) is 4.92. The number of hydrogen-bond acceptors (Lipinski definition) is 5. The molecule has 8 heteroatoms. The molecule has 6 nitrogen and oxygen atoms in total. The Kier molecular flexibility index (Phi) is 5.91. The van der Waals surface area contributed by atoms with Crippen LogP contribution in [0.5, 0.6) is 0 Å². The summed E-state index contributed by atoms with van der Waals surface area (Å²) in [4.78, 5) is 22.8. The van der Waals surface area contributed by atoms with Gasteiger partial charge in [0, 0.05) is 17.2 Å². The summed E-state index contributed by atoms with van der Waals surface area (Å²) in [6.45, 7) is 4.94. The van der Waals surface area contributed by atoms with Gasteiger partial charge in [-0.25, -0.2) is 18.1 Å². The molecular weight excluding hydrogens is 270 g/mol. The molecule has 0 aromatic rings. The Labute approximate surface area is 105 Å². The normalized spacial score (nSPS) is 12.0. The van der Waals surface area contributed by atoms with E-state index in [0.29, 0.717) is 6.41 Å². The van der Waals surface area contributed by atoms with Crippen LogP contribution in [0.25, 0.3) is 0 Å². The minimum atomic E-state index is -3.61. The van der Waals surface area contributed by atoms with Gasteiger partial charge in [0.25, 0.3) is 0 Å². The summed E-state index contributed by atoms with van der Waals surface area (Å²) >= 11 is 0. The molecule has 0 aromatic carbocycles. The average molecular weight is 286 g/mol. The molecule has 0 aliphatic heterocycles. The maximum atomic E-state index is 11.4. The zero-order valence-corrected chi connectivity index (χ0v) is 11.5. The molecule has 0 radical (unpaired) electrons. The highest BCUT2D eigenvalue weighted by Gasteiger charge is 2.21. The second-order valence-electron chi connectivity index (χ2n) is 4.38. The van der Waals surface area contributed by atoms with Gasteiger partial charge in [0.2, 0.25) is 15.5 Å². The van der Waals surface area contributed by atoms with E-state index in [1.54, 1.807) is 20.8 Å². The second kappa shape index (κ2) is 6.20. The van der Waals surface area contributed by atoms with Gasteiger partial charge in [-0.1, -0.05) is 0 Å². The smallest absolute Gasteiger partial charge is 0.416 e. The van der Waals surface area contributed by atoms with Gasteiger partial charge >= 0.3 is 6.09 Å². The van der Waals surface area contributed by atoms with Crippen molar-refractivity contribution in [2.24, 2.45) is 0 Å². The summed E-state index contributed by atoms with van der Waals surface area (Å²) in [6.07, 6.45) is -0.432. The van der Waals surface area contributed by atoms with E-state index in [-0.39, 0.29) is 18.7 Å². The first-order chi connectivity index (χ1) is 7.55. The summed E-state index contributed by atoms with van der Waals surface area (Å²) in [6, 6.07) is 0. The van der Waals surface area contributed by atoms with E-state index < -0.39 is 20.7 Å². The van der Waals surface area contributed by atoms with Gasteiger partial charge in [0.05, 0.1) is 5.75 Å². The fraction of sp³-hybridized carbons (Fsp3) is 0.778. The largest absolute Gasteiger partial charge is 0.443 e. The van der Waals surface area contributed by atoms with Gasteiger partial charge in [-0.15, -0.1) is 0 Å². The van der Waals surface area contributed by atoms with Crippen LogP contribution in [0.1, 0.15) is 27.2 Å². The molecular formula is C9H16ClNO5S. The van der Waals surface area contributed by atoms with Crippen molar-refractivity contribution in [2.45, 2.75) is 32.8 Å². The Morgan fingerprint density at radius 3 is 2.29 bits per heavy atom. The predicted octanol–water partition coefficient (Wildman–Crippen LogP) is 1.34. The number of halogens is 1. The fourth-order valence-electron chi connectivity index (χ4n) is 0.915. The van der Waals surface area contributed by atoms with Crippen LogP contribution >= 0.6 is 10.7 Å². The molecule has 100 valence electrons. The van der Waals surface area contributed by atoms with Gasteiger partial charge in [0.1, 0.15) is 5.60 Å². The van der Waals surface area contributed by atoms with E-state index in [2.05, 4.69) is 0 Å². The number of nitrogens with zero attached hydrogens (tertiary/aromatic N) is 1. The number of hydrogen-bond donors (Lipinski definition) is 0. The molecule has 0 spiro atoms. The number of amides is 2. The molecule has 0 aliphatic rings. The quantitative estimate of drug-likeness (QED) is 0.562. The SMILES string of the molecule is CC(C)(C)OC(=O)N(C=O)CCCS(=O)(=O)Cl. The van der Waals surface area contributed by atoms with Crippen LogP contribution in [0.15, 0.2) is 0 Å². The lowest BCUT2D eigenvalue weighted by molar-refractivity contribution is -0.117. The van der Waals surface area contributed by atoms with Crippen molar-refractivity contribution < 1.29 is 22.7 Å². The van der Waals surface area contributed by atoms with Crippen molar-refractivity contribution in [1.29, 1.82) is 0 Å². The Morgan fingerprint density at radius 2 is 1.94 bits per heavy atom. The van der Waals surface area contributed by atoms with E-state index in [1.807, 2.05) is 0 Å². The van der Waals surface area contributed by atoms with E-state index in [4.69, 9.17) is 15.4 Å². The number of carbonyl (C=O) groups excluding carboxylic acids is 2. The molecule has 0 N–H and O–H groups in total. The summed E-state index contributed by atoms with van der Waals surface area (Å²) in [5.41, 5.74) is -0.711. The van der Waals surface area contributed by atoms with E-state index >= 15 is 0 Å². The maximum absolute atomic E-state index is 11.4. The predicted molar refractivity (Wildman–Crippen MR) is 63.3 cm³/mol. The Morgan fingerprint density at radius 1 is 1.41 bits per heavy atom. The van der Waals surface area contributed by atoms with Crippen molar-refractivity contribution in [2.75, 3.05) is 12.3 Å². The van der Waals surface area contributed by atoms with E-state index in [1.165, 1.54) is 0 Å². The Hall–Kier alpha value is -0.820. The highest BCUT2D eigenvalue weighted by Crippen LogP contribution is 2.09. The molecule has 0 aromatic heterocycles. The Bertz CT molecular complexity index is 373. The molecule has 0 saturated heterocycles. The van der Waals surface area contributed by atoms with Crippen LogP contribution in [0.2, 0.25) is 0 Å². The van der Waals surface area contributed by atoms with Crippen LogP contribution in [-0.4, -0.2) is 43.7 Å². The minimum Gasteiger partial charge on any atom is -0.443 e. The zero-order chi connectivity index (χ0) is 13.7. The van der Waals surface area contributed by atoms with E-state index in [0.717, 1.165) is 4.90 Å². The van der Waals surface area contributed by atoms with Crippen molar-refractivity contribution >= 4 is 32.2 Å². The van der Waals surface area contributed by atoms with Gasteiger partial charge in [-0.3, -0.25) is 4.79 Å². The number of imide groups is 1. The molecule has 0 bridgehead atoms. The minimum absolute atomic E-state index is 0.0512. The van der Waals surface area contributed by atoms with Crippen molar-refractivity contribution in [3.8, 4) is 0 Å². The standard InChI is InChI=1S/C9H16ClNO5S/c1-9(2,3)16-8(13)11(7-12)5-4-6-17(10,14)15/h7H,4-6H2,1-3H3. The summed E-state index contributed by atoms with van der Waals surface area (Å²) in [7, 11) is 1.38. The molecule has 0 fully saturated rings. The fourth-order valence-corrected chi connectivity index (χ4v) is 1.72. The second-order valence-corrected chi connectivity index (χ2v) is 7.27. The van der Waals surface area contributed by atoms with Crippen LogP contribution in [-0.2, 0) is 18.6 Å². The average Bonchev–Trinajstić information content (AvgIpc) is 2.07. The lowest BCUT2D eigenvalue weighted by atomic mass is 10.2. The van der Waals surface area contributed by atoms with Crippen LogP contribution in [0.3, 0.4) is 0 Å². The molecule has 0 atom stereocenters. The van der Waals surface area contributed by atoms with Crippen molar-refractivity contribution in [3.05, 3.63) is 0 Å². The summed E-state index contributed by atoms with van der Waals surface area (Å²) in [5, 5.41) is 0. The zero-order valence-electron chi connectivity index (χ0n) is 9.97. The first-order valence-corrected chi connectivity index (χ1v) is 7.40. The monoisotopic (exact) mass is 285 g/mol. The molecule has 2 amide bonds. The first kappa shape index (κ1) is 16.2. The molecule has 0 rings (SSSR count). The van der Waals surface area contributed by atoms with Gasteiger partial charge in [-0.05, 0) is 27.2 Å². The third-order valence-corrected chi connectivity index (χ3v) is 2.78. The lowest BCUT2D eigenvalue weighted by Gasteiger charge is -2.23. The van der Waals surface area contributed by atoms with Gasteiger partial charge in [0.15, 0.2) is 0 Å². The van der Waals surface area contributed by atoms with Crippen LogP contribution in [0, 0.1) is 0 Å². The van der Waals surface area contributed by atoms with Gasteiger partial charge in [-0.2, -0.15) is 0 Å². The number of rotatable bonds is 5. The third-order valence-electron chi connectivity index (χ3n) is 1.54. The Balaban J connectivity index is 4.25. The highest BCUT2D eigenvalue weighted by atomic mass is 35.7. The van der Waals surface area contributed by atoms with Crippen molar-refractivity contribution in [3.63, 3.8) is 0 Å². The molecule has 0 aliphatic carbocycles. The number of carbonyl (C=O) groups is 2. The van der Waals surface area contributed by atoms with Gasteiger partial charge < -0.3 is 4.74 Å². The lowest BCUT2D eigenvalue weighted by Crippen LogP contribution is -2.36.